The summed E-state index contributed by atoms with van der Waals surface area (Å²) in [4.78, 5) is 35.8. The predicted molar refractivity (Wildman–Crippen MR) is 137 cm³/mol. The summed E-state index contributed by atoms with van der Waals surface area (Å²) in [6.45, 7) is 5.60. The normalized spacial score (nSPS) is 17.2. The van der Waals surface area contributed by atoms with Crippen LogP contribution in [0.15, 0.2) is 34.9 Å². The topological polar surface area (TPSA) is 87.7 Å². The number of halogens is 1. The number of amides is 2. The van der Waals surface area contributed by atoms with Crippen LogP contribution in [0.25, 0.3) is 10.2 Å². The third-order valence-corrected chi connectivity index (χ3v) is 7.85. The highest BCUT2D eigenvalue weighted by Gasteiger charge is 2.31. The maximum atomic E-state index is 13.5. The minimum absolute atomic E-state index is 0.0200. The quantitative estimate of drug-likeness (QED) is 0.533. The minimum Gasteiger partial charge on any atom is -0.378 e. The van der Waals surface area contributed by atoms with Crippen molar-refractivity contribution >= 4 is 60.9 Å². The van der Waals surface area contributed by atoms with Gasteiger partial charge >= 0.3 is 0 Å². The first-order chi connectivity index (χ1) is 16.5. The lowest BCUT2D eigenvalue weighted by Crippen LogP contribution is -2.42. The molecular weight excluding hydrogens is 518 g/mol. The molecule has 3 aromatic rings. The number of hydrogen-bond donors (Lipinski definition) is 1. The van der Waals surface area contributed by atoms with Crippen LogP contribution in [0.3, 0.4) is 0 Å². The van der Waals surface area contributed by atoms with E-state index in [1.54, 1.807) is 6.20 Å². The number of benzene rings is 1. The van der Waals surface area contributed by atoms with Crippen molar-refractivity contribution in [2.45, 2.75) is 19.8 Å². The molecule has 0 radical (unpaired) electrons. The molecule has 0 spiro atoms. The lowest BCUT2D eigenvalue weighted by atomic mass is 9.94. The molecule has 2 fully saturated rings. The van der Waals surface area contributed by atoms with Crippen LogP contribution in [0.4, 0.5) is 11.4 Å². The summed E-state index contributed by atoms with van der Waals surface area (Å²) < 4.78 is 10.9. The van der Waals surface area contributed by atoms with Crippen LogP contribution in [0.1, 0.15) is 28.9 Å². The van der Waals surface area contributed by atoms with E-state index < -0.39 is 0 Å². The zero-order chi connectivity index (χ0) is 23.7. The van der Waals surface area contributed by atoms with E-state index >= 15 is 0 Å². The van der Waals surface area contributed by atoms with E-state index in [0.717, 1.165) is 31.8 Å². The zero-order valence-electron chi connectivity index (χ0n) is 18.9. The molecule has 4 heterocycles. The molecule has 178 valence electrons. The first-order valence-corrected chi connectivity index (χ1v) is 13.0. The summed E-state index contributed by atoms with van der Waals surface area (Å²) in [6.07, 6.45) is 3.13. The monoisotopic (exact) mass is 543 g/mol. The van der Waals surface area contributed by atoms with Gasteiger partial charge in [-0.15, -0.1) is 0 Å². The molecule has 34 heavy (non-hydrogen) atoms. The number of aryl methyl sites for hydroxylation is 1. The van der Waals surface area contributed by atoms with Crippen LogP contribution >= 0.6 is 27.5 Å². The summed E-state index contributed by atoms with van der Waals surface area (Å²) in [5.41, 5.74) is 3.19. The van der Waals surface area contributed by atoms with Gasteiger partial charge in [0.2, 0.25) is 5.91 Å². The smallest absolute Gasteiger partial charge is 0.257 e. The number of nitrogens with zero attached hydrogens (tertiary/aromatic N) is 4. The standard InChI is InChI=1S/C24H26BrN5O3S/c1-15-20-21(19(14-26-23(20)34-28-15)24(32)30-10-12-33-13-11-30)29-8-6-16(7-9-29)22(31)27-18-4-2-17(25)3-5-18/h2-5,14,16H,6-13H2,1H3,(H,27,31). The maximum absolute atomic E-state index is 13.5. The van der Waals surface area contributed by atoms with Gasteiger partial charge in [-0.05, 0) is 55.6 Å². The van der Waals surface area contributed by atoms with Gasteiger partial charge in [-0.25, -0.2) is 4.98 Å². The molecule has 2 aliphatic rings. The van der Waals surface area contributed by atoms with E-state index in [9.17, 15) is 9.59 Å². The molecule has 0 unspecified atom stereocenters. The summed E-state index contributed by atoms with van der Waals surface area (Å²) in [5.74, 6) is -0.0504. The van der Waals surface area contributed by atoms with Gasteiger partial charge in [0, 0.05) is 48.5 Å². The number of ether oxygens (including phenoxy) is 1. The predicted octanol–water partition coefficient (Wildman–Crippen LogP) is 4.09. The van der Waals surface area contributed by atoms with Crippen molar-refractivity contribution in [1.82, 2.24) is 14.3 Å². The van der Waals surface area contributed by atoms with Crippen LogP contribution in [0.5, 0.6) is 0 Å². The van der Waals surface area contributed by atoms with Crippen molar-refractivity contribution < 1.29 is 14.3 Å². The highest BCUT2D eigenvalue weighted by atomic mass is 79.9. The van der Waals surface area contributed by atoms with Gasteiger partial charge in [0.15, 0.2) is 0 Å². The Morgan fingerprint density at radius 1 is 1.12 bits per heavy atom. The van der Waals surface area contributed by atoms with Crippen LogP contribution < -0.4 is 10.2 Å². The molecule has 2 aromatic heterocycles. The van der Waals surface area contributed by atoms with Gasteiger partial charge in [0.25, 0.3) is 5.91 Å². The average Bonchev–Trinajstić information content (AvgIpc) is 3.26. The second kappa shape index (κ2) is 9.97. The zero-order valence-corrected chi connectivity index (χ0v) is 21.3. The molecule has 2 aliphatic heterocycles. The third-order valence-electron chi connectivity index (χ3n) is 6.47. The van der Waals surface area contributed by atoms with E-state index in [0.29, 0.717) is 57.8 Å². The number of morpholine rings is 1. The van der Waals surface area contributed by atoms with Gasteiger partial charge in [0.05, 0.1) is 35.5 Å². The third kappa shape index (κ3) is 4.67. The second-order valence-corrected chi connectivity index (χ2v) is 10.3. The lowest BCUT2D eigenvalue weighted by Gasteiger charge is -2.35. The van der Waals surface area contributed by atoms with E-state index in [2.05, 4.69) is 35.5 Å². The lowest BCUT2D eigenvalue weighted by molar-refractivity contribution is -0.120. The van der Waals surface area contributed by atoms with Gasteiger partial charge in [0.1, 0.15) is 4.83 Å². The summed E-state index contributed by atoms with van der Waals surface area (Å²) in [7, 11) is 0. The SMILES string of the molecule is Cc1nsc2ncc(C(=O)N3CCOCC3)c(N3CCC(C(=O)Nc4ccc(Br)cc4)CC3)c12. The van der Waals surface area contributed by atoms with E-state index in [-0.39, 0.29) is 17.7 Å². The minimum atomic E-state index is -0.0719. The molecule has 8 nitrogen and oxygen atoms in total. The van der Waals surface area contributed by atoms with Crippen LogP contribution in [-0.2, 0) is 9.53 Å². The van der Waals surface area contributed by atoms with Crippen LogP contribution in [0, 0.1) is 12.8 Å². The Hall–Kier alpha value is -2.56. The highest BCUT2D eigenvalue weighted by molar-refractivity contribution is 9.10. The number of carbonyl (C=O) groups excluding carboxylic acids is 2. The Morgan fingerprint density at radius 3 is 2.53 bits per heavy atom. The fourth-order valence-electron chi connectivity index (χ4n) is 4.60. The molecule has 0 atom stereocenters. The maximum Gasteiger partial charge on any atom is 0.257 e. The number of carbonyl (C=O) groups is 2. The molecule has 2 amide bonds. The number of aromatic nitrogens is 2. The van der Waals surface area contributed by atoms with Crippen molar-refractivity contribution in [2.24, 2.45) is 5.92 Å². The number of anilines is 2. The average molecular weight is 544 g/mol. The Morgan fingerprint density at radius 2 is 1.82 bits per heavy atom. The molecule has 0 bridgehead atoms. The van der Waals surface area contributed by atoms with E-state index in [1.807, 2.05) is 36.1 Å². The van der Waals surface area contributed by atoms with Gasteiger partial charge in [-0.2, -0.15) is 4.37 Å². The Bertz CT molecular complexity index is 1200. The summed E-state index contributed by atoms with van der Waals surface area (Å²) >= 11 is 4.77. The summed E-state index contributed by atoms with van der Waals surface area (Å²) in [5, 5.41) is 3.98. The number of fused-ring (bicyclic) bond motifs is 1. The first kappa shape index (κ1) is 23.2. The summed E-state index contributed by atoms with van der Waals surface area (Å²) in [6, 6.07) is 7.61. The number of hydrogen-bond acceptors (Lipinski definition) is 7. The van der Waals surface area contributed by atoms with Crippen molar-refractivity contribution in [3.8, 4) is 0 Å². The van der Waals surface area contributed by atoms with E-state index in [4.69, 9.17) is 4.74 Å². The Kier molecular flexibility index (Phi) is 6.80. The number of rotatable bonds is 4. The van der Waals surface area contributed by atoms with Crippen molar-refractivity contribution in [2.75, 3.05) is 49.6 Å². The fourth-order valence-corrected chi connectivity index (χ4v) is 5.62. The van der Waals surface area contributed by atoms with Crippen molar-refractivity contribution in [3.05, 3.63) is 46.2 Å². The first-order valence-electron chi connectivity index (χ1n) is 11.4. The van der Waals surface area contributed by atoms with Crippen LogP contribution in [0.2, 0.25) is 0 Å². The molecular formula is C24H26BrN5O3S. The second-order valence-electron chi connectivity index (χ2n) is 8.63. The fraction of sp³-hybridized carbons (Fsp3) is 0.417. The van der Waals surface area contributed by atoms with Crippen LogP contribution in [-0.4, -0.2) is 65.5 Å². The van der Waals surface area contributed by atoms with Crippen molar-refractivity contribution in [1.29, 1.82) is 0 Å². The largest absolute Gasteiger partial charge is 0.378 e. The molecule has 0 saturated carbocycles. The number of pyridine rings is 1. The molecule has 5 rings (SSSR count). The number of nitrogens with one attached hydrogen (secondary N) is 1. The van der Waals surface area contributed by atoms with Gasteiger partial charge in [-0.3, -0.25) is 9.59 Å². The molecule has 2 saturated heterocycles. The van der Waals surface area contributed by atoms with Crippen molar-refractivity contribution in [3.63, 3.8) is 0 Å². The van der Waals surface area contributed by atoms with Gasteiger partial charge < -0.3 is 19.9 Å². The Labute approximate surface area is 210 Å². The molecule has 1 N–H and O–H groups in total. The highest BCUT2D eigenvalue weighted by Crippen LogP contribution is 2.37. The number of piperidine rings is 1. The molecule has 1 aromatic carbocycles. The molecule has 0 aliphatic carbocycles. The molecule has 10 heteroatoms. The van der Waals surface area contributed by atoms with E-state index in [1.165, 1.54) is 11.5 Å². The van der Waals surface area contributed by atoms with Gasteiger partial charge in [-0.1, -0.05) is 15.9 Å². The Balaban J connectivity index is 1.36.